The summed E-state index contributed by atoms with van der Waals surface area (Å²) in [5.41, 5.74) is 2.10. The predicted molar refractivity (Wildman–Crippen MR) is 92.1 cm³/mol. The minimum absolute atomic E-state index is 0.138. The molecule has 3 nitrogen and oxygen atoms in total. The lowest BCUT2D eigenvalue weighted by molar-refractivity contribution is -0.0628. The fourth-order valence-electron chi connectivity index (χ4n) is 7.89. The van der Waals surface area contributed by atoms with Crippen molar-refractivity contribution >= 4 is 0 Å². The Morgan fingerprint density at radius 1 is 1.08 bits per heavy atom. The predicted octanol–water partition coefficient (Wildman–Crippen LogP) is 3.79. The lowest BCUT2D eigenvalue weighted by Gasteiger charge is -2.57. The number of fused-ring (bicyclic) bond motifs is 6. The molecule has 4 aliphatic carbocycles. The van der Waals surface area contributed by atoms with Crippen LogP contribution in [0.15, 0.2) is 11.6 Å². The SMILES string of the molecule is C[C@]12CCCCC1=CC[C@@H]1[C@@H]2CC[C@@]2(C)[C@H]1CC[C@@]21OC1C(O)O. The quantitative estimate of drug-likeness (QED) is 0.436. The first-order chi connectivity index (χ1) is 11.4. The molecule has 1 saturated heterocycles. The summed E-state index contributed by atoms with van der Waals surface area (Å²) in [4.78, 5) is 0. The van der Waals surface area contributed by atoms with Gasteiger partial charge in [-0.2, -0.15) is 0 Å². The van der Waals surface area contributed by atoms with Crippen LogP contribution in [0.4, 0.5) is 0 Å². The summed E-state index contributed by atoms with van der Waals surface area (Å²) >= 11 is 0. The van der Waals surface area contributed by atoms with Gasteiger partial charge in [0.15, 0.2) is 6.29 Å². The molecule has 134 valence electrons. The van der Waals surface area contributed by atoms with Gasteiger partial charge in [0.2, 0.25) is 0 Å². The van der Waals surface area contributed by atoms with Crippen molar-refractivity contribution in [3.8, 4) is 0 Å². The monoisotopic (exact) mass is 332 g/mol. The van der Waals surface area contributed by atoms with Crippen molar-refractivity contribution in [2.24, 2.45) is 28.6 Å². The van der Waals surface area contributed by atoms with E-state index in [2.05, 4.69) is 19.9 Å². The molecule has 1 spiro atoms. The number of aliphatic hydroxyl groups is 2. The highest BCUT2D eigenvalue weighted by Crippen LogP contribution is 2.72. The fraction of sp³-hybridized carbons (Fsp3) is 0.905. The van der Waals surface area contributed by atoms with E-state index in [4.69, 9.17) is 4.74 Å². The summed E-state index contributed by atoms with van der Waals surface area (Å²) in [6.45, 7) is 4.95. The van der Waals surface area contributed by atoms with E-state index in [-0.39, 0.29) is 17.1 Å². The number of hydrogen-bond acceptors (Lipinski definition) is 3. The van der Waals surface area contributed by atoms with E-state index in [1.807, 2.05) is 0 Å². The van der Waals surface area contributed by atoms with Crippen molar-refractivity contribution in [1.82, 2.24) is 0 Å². The van der Waals surface area contributed by atoms with Crippen LogP contribution in [0.2, 0.25) is 0 Å². The molecule has 0 aromatic rings. The van der Waals surface area contributed by atoms with Crippen molar-refractivity contribution in [2.75, 3.05) is 0 Å². The van der Waals surface area contributed by atoms with Crippen LogP contribution in [0, 0.1) is 28.6 Å². The zero-order valence-electron chi connectivity index (χ0n) is 15.1. The van der Waals surface area contributed by atoms with Gasteiger partial charge in [0.1, 0.15) is 11.7 Å². The second kappa shape index (κ2) is 4.86. The molecule has 1 unspecified atom stereocenters. The third-order valence-electron chi connectivity index (χ3n) is 9.21. The van der Waals surface area contributed by atoms with Crippen LogP contribution in [-0.2, 0) is 4.74 Å². The number of epoxide rings is 1. The normalized spacial score (nSPS) is 55.8. The largest absolute Gasteiger partial charge is 0.366 e. The van der Waals surface area contributed by atoms with Gasteiger partial charge in [0, 0.05) is 5.41 Å². The molecule has 24 heavy (non-hydrogen) atoms. The van der Waals surface area contributed by atoms with E-state index in [9.17, 15) is 10.2 Å². The third-order valence-corrected chi connectivity index (χ3v) is 9.21. The topological polar surface area (TPSA) is 53.0 Å². The zero-order chi connectivity index (χ0) is 16.7. The summed E-state index contributed by atoms with van der Waals surface area (Å²) in [5, 5.41) is 19.3. The second-order valence-electron chi connectivity index (χ2n) is 9.80. The highest BCUT2D eigenvalue weighted by atomic mass is 16.7. The molecule has 7 atom stereocenters. The fourth-order valence-corrected chi connectivity index (χ4v) is 7.89. The van der Waals surface area contributed by atoms with Crippen LogP contribution in [0.3, 0.4) is 0 Å². The van der Waals surface area contributed by atoms with Crippen LogP contribution in [0.5, 0.6) is 0 Å². The molecular weight excluding hydrogens is 300 g/mol. The number of hydrogen-bond donors (Lipinski definition) is 2. The Labute approximate surface area is 145 Å². The van der Waals surface area contributed by atoms with Crippen LogP contribution in [0.1, 0.15) is 71.6 Å². The molecule has 0 aromatic carbocycles. The summed E-state index contributed by atoms with van der Waals surface area (Å²) < 4.78 is 6.00. The van der Waals surface area contributed by atoms with Crippen molar-refractivity contribution < 1.29 is 14.9 Å². The first kappa shape index (κ1) is 15.8. The molecule has 4 fully saturated rings. The number of rotatable bonds is 1. The van der Waals surface area contributed by atoms with Gasteiger partial charge in [-0.15, -0.1) is 0 Å². The van der Waals surface area contributed by atoms with E-state index in [1.165, 1.54) is 51.4 Å². The Kier molecular flexibility index (Phi) is 3.21. The van der Waals surface area contributed by atoms with Gasteiger partial charge in [0.05, 0.1) is 0 Å². The molecule has 5 rings (SSSR count). The van der Waals surface area contributed by atoms with Gasteiger partial charge in [-0.1, -0.05) is 31.9 Å². The van der Waals surface area contributed by atoms with Crippen molar-refractivity contribution in [3.05, 3.63) is 11.6 Å². The molecular formula is C21H32O3. The standard InChI is InChI=1S/C21H32O3/c1-19-10-4-3-5-13(19)6-7-14-15(19)8-11-20(2)16(14)9-12-21(20)17(24-21)18(22)23/h6,14-18,22-23H,3-5,7-12H2,1-2H3/t14-,15+,16+,17?,19+,20+,21+/m1/s1. The summed E-state index contributed by atoms with van der Waals surface area (Å²) in [5.74, 6) is 2.30. The summed E-state index contributed by atoms with van der Waals surface area (Å²) in [6.07, 6.45) is 12.4. The number of allylic oxidation sites excluding steroid dienone is 2. The van der Waals surface area contributed by atoms with Gasteiger partial charge in [-0.05, 0) is 74.5 Å². The van der Waals surface area contributed by atoms with E-state index < -0.39 is 6.29 Å². The van der Waals surface area contributed by atoms with Crippen LogP contribution in [0.25, 0.3) is 0 Å². The maximum Gasteiger partial charge on any atom is 0.181 e. The molecule has 0 aromatic heterocycles. The van der Waals surface area contributed by atoms with Gasteiger partial charge >= 0.3 is 0 Å². The molecule has 2 N–H and O–H groups in total. The molecule has 5 aliphatic rings. The van der Waals surface area contributed by atoms with E-state index >= 15 is 0 Å². The molecule has 3 saturated carbocycles. The Bertz CT molecular complexity index is 584. The maximum absolute atomic E-state index is 9.67. The lowest BCUT2D eigenvalue weighted by atomic mass is 9.47. The molecule has 0 amide bonds. The third kappa shape index (κ3) is 1.74. The Balaban J connectivity index is 1.48. The van der Waals surface area contributed by atoms with Gasteiger partial charge in [-0.3, -0.25) is 0 Å². The minimum Gasteiger partial charge on any atom is -0.366 e. The van der Waals surface area contributed by atoms with E-state index in [1.54, 1.807) is 5.57 Å². The Morgan fingerprint density at radius 2 is 1.88 bits per heavy atom. The van der Waals surface area contributed by atoms with E-state index in [0.29, 0.717) is 11.3 Å². The zero-order valence-corrected chi connectivity index (χ0v) is 15.1. The summed E-state index contributed by atoms with van der Waals surface area (Å²) in [6, 6.07) is 0. The first-order valence-corrected chi connectivity index (χ1v) is 10.2. The molecule has 1 heterocycles. The van der Waals surface area contributed by atoms with Crippen LogP contribution < -0.4 is 0 Å². The number of aliphatic hydroxyl groups excluding tert-OH is 1. The maximum atomic E-state index is 9.67. The van der Waals surface area contributed by atoms with Crippen molar-refractivity contribution in [1.29, 1.82) is 0 Å². The molecule has 1 aliphatic heterocycles. The Morgan fingerprint density at radius 3 is 2.62 bits per heavy atom. The average molecular weight is 332 g/mol. The molecule has 0 bridgehead atoms. The highest BCUT2D eigenvalue weighted by molar-refractivity contribution is 5.28. The highest BCUT2D eigenvalue weighted by Gasteiger charge is 2.75. The minimum atomic E-state index is -1.31. The van der Waals surface area contributed by atoms with Gasteiger partial charge in [0.25, 0.3) is 0 Å². The molecule has 0 radical (unpaired) electrons. The second-order valence-corrected chi connectivity index (χ2v) is 9.80. The molecule has 3 heteroatoms. The lowest BCUT2D eigenvalue weighted by Crippen LogP contribution is -2.52. The van der Waals surface area contributed by atoms with Crippen molar-refractivity contribution in [2.45, 2.75) is 89.6 Å². The van der Waals surface area contributed by atoms with E-state index in [0.717, 1.165) is 18.3 Å². The average Bonchev–Trinajstić information content (AvgIpc) is 3.22. The number of ether oxygens (including phenoxy) is 1. The van der Waals surface area contributed by atoms with Crippen LogP contribution >= 0.6 is 0 Å². The van der Waals surface area contributed by atoms with Gasteiger partial charge < -0.3 is 14.9 Å². The van der Waals surface area contributed by atoms with Crippen LogP contribution in [-0.4, -0.2) is 28.2 Å². The smallest absolute Gasteiger partial charge is 0.181 e. The van der Waals surface area contributed by atoms with Crippen molar-refractivity contribution in [3.63, 3.8) is 0 Å². The first-order valence-electron chi connectivity index (χ1n) is 10.2. The summed E-state index contributed by atoms with van der Waals surface area (Å²) in [7, 11) is 0. The Hall–Kier alpha value is -0.380. The van der Waals surface area contributed by atoms with Gasteiger partial charge in [-0.25, -0.2) is 0 Å².